The fourth-order valence-electron chi connectivity index (χ4n) is 1.52. The van der Waals surface area contributed by atoms with Gasteiger partial charge in [-0.05, 0) is 30.3 Å². The maximum atomic E-state index is 13.1. The van der Waals surface area contributed by atoms with Crippen molar-refractivity contribution in [3.63, 3.8) is 0 Å². The van der Waals surface area contributed by atoms with Gasteiger partial charge in [0.25, 0.3) is 10.0 Å². The molecule has 0 amide bonds. The van der Waals surface area contributed by atoms with Crippen LogP contribution in [0.15, 0.2) is 35.2 Å². The van der Waals surface area contributed by atoms with E-state index in [0.29, 0.717) is 0 Å². The van der Waals surface area contributed by atoms with E-state index in [2.05, 4.69) is 4.72 Å². The molecular formula is C12H8Cl3FN2O2S. The van der Waals surface area contributed by atoms with Crippen LogP contribution < -0.4 is 10.5 Å². The summed E-state index contributed by atoms with van der Waals surface area (Å²) in [6, 6.07) is 5.70. The van der Waals surface area contributed by atoms with Gasteiger partial charge in [-0.1, -0.05) is 34.8 Å². The molecule has 0 aromatic heterocycles. The maximum absolute atomic E-state index is 13.1. The van der Waals surface area contributed by atoms with Crippen LogP contribution in [0.25, 0.3) is 0 Å². The number of nitrogens with two attached hydrogens (primary N) is 1. The first-order valence-electron chi connectivity index (χ1n) is 5.43. The third kappa shape index (κ3) is 3.52. The lowest BCUT2D eigenvalue weighted by Gasteiger charge is -2.12. The Balaban J connectivity index is 2.44. The molecule has 0 heterocycles. The predicted molar refractivity (Wildman–Crippen MR) is 83.1 cm³/mol. The number of nitrogen functional groups attached to an aromatic ring is 1. The van der Waals surface area contributed by atoms with Crippen molar-refractivity contribution in [1.29, 1.82) is 0 Å². The molecule has 2 aromatic carbocycles. The molecule has 0 spiro atoms. The first-order chi connectivity index (χ1) is 9.70. The summed E-state index contributed by atoms with van der Waals surface area (Å²) in [4.78, 5) is -0.124. The summed E-state index contributed by atoms with van der Waals surface area (Å²) in [7, 11) is -3.99. The second-order valence-corrected chi connectivity index (χ2v) is 6.94. The van der Waals surface area contributed by atoms with E-state index in [1.54, 1.807) is 0 Å². The quantitative estimate of drug-likeness (QED) is 0.798. The third-order valence-electron chi connectivity index (χ3n) is 2.52. The van der Waals surface area contributed by atoms with Crippen molar-refractivity contribution in [2.24, 2.45) is 0 Å². The monoisotopic (exact) mass is 368 g/mol. The van der Waals surface area contributed by atoms with Crippen molar-refractivity contribution in [2.75, 3.05) is 10.5 Å². The molecule has 112 valence electrons. The van der Waals surface area contributed by atoms with Gasteiger partial charge < -0.3 is 5.73 Å². The molecule has 0 unspecified atom stereocenters. The number of hydrogen-bond acceptors (Lipinski definition) is 3. The highest BCUT2D eigenvalue weighted by Gasteiger charge is 2.19. The Hall–Kier alpha value is -1.21. The van der Waals surface area contributed by atoms with E-state index in [0.717, 1.165) is 12.1 Å². The van der Waals surface area contributed by atoms with E-state index in [9.17, 15) is 12.8 Å². The number of nitrogens with one attached hydrogen (secondary N) is 1. The van der Waals surface area contributed by atoms with Crippen molar-refractivity contribution < 1.29 is 12.8 Å². The van der Waals surface area contributed by atoms with Crippen molar-refractivity contribution in [2.45, 2.75) is 4.90 Å². The van der Waals surface area contributed by atoms with E-state index < -0.39 is 15.8 Å². The Bertz CT molecular complexity index is 789. The zero-order chi connectivity index (χ0) is 15.8. The second kappa shape index (κ2) is 5.88. The van der Waals surface area contributed by atoms with Gasteiger partial charge in [0, 0.05) is 0 Å². The van der Waals surface area contributed by atoms with Crippen molar-refractivity contribution in [3.05, 3.63) is 51.2 Å². The number of rotatable bonds is 3. The molecule has 0 saturated carbocycles. The minimum absolute atomic E-state index is 0.107. The minimum Gasteiger partial charge on any atom is -0.397 e. The molecule has 0 fully saturated rings. The maximum Gasteiger partial charge on any atom is 0.262 e. The van der Waals surface area contributed by atoms with Crippen LogP contribution >= 0.6 is 34.8 Å². The zero-order valence-corrected chi connectivity index (χ0v) is 13.3. The van der Waals surface area contributed by atoms with Crippen molar-refractivity contribution in [3.8, 4) is 0 Å². The van der Waals surface area contributed by atoms with Gasteiger partial charge in [-0.25, -0.2) is 12.8 Å². The molecule has 0 saturated heterocycles. The van der Waals surface area contributed by atoms with Crippen LogP contribution in [0, 0.1) is 5.82 Å². The fraction of sp³-hybridized carbons (Fsp3) is 0. The van der Waals surface area contributed by atoms with Gasteiger partial charge in [-0.3, -0.25) is 4.72 Å². The Kier molecular flexibility index (Phi) is 4.53. The van der Waals surface area contributed by atoms with Gasteiger partial charge in [0.05, 0.1) is 31.3 Å². The van der Waals surface area contributed by atoms with Crippen LogP contribution in [0.3, 0.4) is 0 Å². The van der Waals surface area contributed by atoms with Crippen LogP contribution in [0.5, 0.6) is 0 Å². The molecule has 9 heteroatoms. The Morgan fingerprint density at radius 2 is 1.57 bits per heavy atom. The highest BCUT2D eigenvalue weighted by atomic mass is 35.5. The van der Waals surface area contributed by atoms with E-state index in [4.69, 9.17) is 40.5 Å². The predicted octanol–water partition coefficient (Wildman–Crippen LogP) is 4.17. The Morgan fingerprint density at radius 1 is 1.00 bits per heavy atom. The molecule has 3 N–H and O–H groups in total. The minimum atomic E-state index is -3.99. The lowest BCUT2D eigenvalue weighted by atomic mass is 10.3. The molecular weight excluding hydrogens is 362 g/mol. The normalized spacial score (nSPS) is 11.4. The summed E-state index contributed by atoms with van der Waals surface area (Å²) in [6.07, 6.45) is 0. The lowest BCUT2D eigenvalue weighted by Crippen LogP contribution is -2.14. The third-order valence-corrected chi connectivity index (χ3v) is 4.81. The second-order valence-electron chi connectivity index (χ2n) is 4.03. The number of benzene rings is 2. The molecule has 21 heavy (non-hydrogen) atoms. The molecule has 0 atom stereocenters. The number of hydrogen-bond donors (Lipinski definition) is 2. The van der Waals surface area contributed by atoms with Gasteiger partial charge in [-0.2, -0.15) is 0 Å². The summed E-state index contributed by atoms with van der Waals surface area (Å²) in [6.45, 7) is 0. The Labute approximate surface area is 135 Å². The summed E-state index contributed by atoms with van der Waals surface area (Å²) in [5.74, 6) is -0.677. The number of halogens is 4. The van der Waals surface area contributed by atoms with Crippen molar-refractivity contribution >= 4 is 56.2 Å². The summed E-state index contributed by atoms with van der Waals surface area (Å²) < 4.78 is 39.7. The van der Waals surface area contributed by atoms with E-state index in [1.165, 1.54) is 18.2 Å². The van der Waals surface area contributed by atoms with Gasteiger partial charge in [0.15, 0.2) is 0 Å². The number of anilines is 2. The van der Waals surface area contributed by atoms with Crippen LogP contribution in [0.4, 0.5) is 15.8 Å². The van der Waals surface area contributed by atoms with Crippen LogP contribution in [-0.4, -0.2) is 8.42 Å². The average molecular weight is 370 g/mol. The summed E-state index contributed by atoms with van der Waals surface area (Å²) in [5, 5.41) is -0.0946. The fourth-order valence-corrected chi connectivity index (χ4v) is 3.44. The van der Waals surface area contributed by atoms with Gasteiger partial charge >= 0.3 is 0 Å². The highest BCUT2D eigenvalue weighted by Crippen LogP contribution is 2.33. The molecule has 0 aliphatic heterocycles. The van der Waals surface area contributed by atoms with Crippen LogP contribution in [0.1, 0.15) is 0 Å². The zero-order valence-electron chi connectivity index (χ0n) is 10.2. The standard InChI is InChI=1S/C12H8Cl3FN2O2S/c13-8-2-1-7(5-11(8)17)21(19,20)18-12-9(14)3-6(16)4-10(12)15/h1-5,18H,17H2. The van der Waals surface area contributed by atoms with Gasteiger partial charge in [-0.15, -0.1) is 0 Å². The van der Waals surface area contributed by atoms with Gasteiger partial charge in [0.1, 0.15) is 5.82 Å². The average Bonchev–Trinajstić information content (AvgIpc) is 2.37. The van der Waals surface area contributed by atoms with Gasteiger partial charge in [0.2, 0.25) is 0 Å². The highest BCUT2D eigenvalue weighted by molar-refractivity contribution is 7.92. The topological polar surface area (TPSA) is 72.2 Å². The van der Waals surface area contributed by atoms with E-state index >= 15 is 0 Å². The molecule has 0 radical (unpaired) electrons. The number of sulfonamides is 1. The molecule has 2 rings (SSSR count). The molecule has 2 aromatic rings. The largest absolute Gasteiger partial charge is 0.397 e. The SMILES string of the molecule is Nc1cc(S(=O)(=O)Nc2c(Cl)cc(F)cc2Cl)ccc1Cl. The van der Waals surface area contributed by atoms with E-state index in [-0.39, 0.29) is 31.3 Å². The Morgan fingerprint density at radius 3 is 2.10 bits per heavy atom. The lowest BCUT2D eigenvalue weighted by molar-refractivity contribution is 0.601. The first-order valence-corrected chi connectivity index (χ1v) is 8.05. The smallest absolute Gasteiger partial charge is 0.262 e. The first kappa shape index (κ1) is 16.2. The summed E-state index contributed by atoms with van der Waals surface area (Å²) >= 11 is 17.3. The van der Waals surface area contributed by atoms with E-state index in [1.807, 2.05) is 0 Å². The molecule has 0 aliphatic rings. The van der Waals surface area contributed by atoms with Crippen molar-refractivity contribution in [1.82, 2.24) is 0 Å². The molecule has 4 nitrogen and oxygen atoms in total. The molecule has 0 aliphatic carbocycles. The van der Waals surface area contributed by atoms with Crippen LogP contribution in [0.2, 0.25) is 15.1 Å². The van der Waals surface area contributed by atoms with Crippen LogP contribution in [-0.2, 0) is 10.0 Å². The summed E-state index contributed by atoms with van der Waals surface area (Å²) in [5.41, 5.74) is 5.55. The molecule has 0 bridgehead atoms.